The van der Waals surface area contributed by atoms with Gasteiger partial charge in [-0.25, -0.2) is 18.1 Å². The molecule has 1 saturated heterocycles. The van der Waals surface area contributed by atoms with E-state index in [1.165, 1.54) is 12.1 Å². The van der Waals surface area contributed by atoms with Crippen LogP contribution in [0.2, 0.25) is 0 Å². The first-order chi connectivity index (χ1) is 16.0. The Kier molecular flexibility index (Phi) is 5.98. The molecule has 1 aliphatic rings. The smallest absolute Gasteiger partial charge is 0.255 e. The molecule has 3 heterocycles. The fourth-order valence-corrected chi connectivity index (χ4v) is 5.50. The highest BCUT2D eigenvalue weighted by Crippen LogP contribution is 2.23. The Morgan fingerprint density at radius 3 is 2.82 bits per heavy atom. The maximum Gasteiger partial charge on any atom is 0.255 e. The molecule has 2 N–H and O–H groups in total. The minimum Gasteiger partial charge on any atom is -0.377 e. The first-order valence-corrected chi connectivity index (χ1v) is 12.9. The minimum absolute atomic E-state index is 0.0447. The average Bonchev–Trinajstić information content (AvgIpc) is 3.56. The topological polar surface area (TPSA) is 102 Å². The van der Waals surface area contributed by atoms with Crippen LogP contribution in [0.25, 0.3) is 16.2 Å². The minimum atomic E-state index is -3.74. The highest BCUT2D eigenvalue weighted by molar-refractivity contribution is 7.89. The number of thiazole rings is 1. The fraction of sp³-hybridized carbons (Fsp3) is 0.217. The van der Waals surface area contributed by atoms with Gasteiger partial charge < -0.3 is 10.1 Å². The Hall–Kier alpha value is -3.05. The van der Waals surface area contributed by atoms with E-state index in [4.69, 9.17) is 4.74 Å². The molecule has 33 heavy (non-hydrogen) atoms. The quantitative estimate of drug-likeness (QED) is 0.418. The number of ether oxygens (including phenoxy) is 1. The molecule has 0 radical (unpaired) electrons. The van der Waals surface area contributed by atoms with Crippen molar-refractivity contribution in [3.8, 4) is 11.3 Å². The lowest BCUT2D eigenvalue weighted by Gasteiger charge is -2.12. The van der Waals surface area contributed by atoms with E-state index in [2.05, 4.69) is 15.0 Å². The van der Waals surface area contributed by atoms with E-state index in [1.807, 2.05) is 34.3 Å². The summed E-state index contributed by atoms with van der Waals surface area (Å²) in [5, 5.41) is 4.79. The molecule has 2 aromatic heterocycles. The van der Waals surface area contributed by atoms with Gasteiger partial charge in [0.25, 0.3) is 5.91 Å². The van der Waals surface area contributed by atoms with Crippen molar-refractivity contribution in [3.63, 3.8) is 0 Å². The van der Waals surface area contributed by atoms with E-state index < -0.39 is 10.0 Å². The molecule has 2 aromatic carbocycles. The molecule has 1 atom stereocenters. The molecule has 4 aromatic rings. The zero-order valence-corrected chi connectivity index (χ0v) is 19.2. The van der Waals surface area contributed by atoms with Gasteiger partial charge in [-0.3, -0.25) is 9.20 Å². The van der Waals surface area contributed by atoms with Crippen LogP contribution >= 0.6 is 11.3 Å². The monoisotopic (exact) mass is 482 g/mol. The van der Waals surface area contributed by atoms with Crippen molar-refractivity contribution in [1.82, 2.24) is 14.1 Å². The number of aromatic nitrogens is 2. The van der Waals surface area contributed by atoms with Crippen LogP contribution in [0.4, 0.5) is 5.69 Å². The van der Waals surface area contributed by atoms with E-state index in [9.17, 15) is 13.2 Å². The molecule has 10 heteroatoms. The van der Waals surface area contributed by atoms with Gasteiger partial charge in [0.1, 0.15) is 0 Å². The lowest BCUT2D eigenvalue weighted by Crippen LogP contribution is -2.32. The molecule has 1 amide bonds. The van der Waals surface area contributed by atoms with Crippen molar-refractivity contribution in [2.75, 3.05) is 18.5 Å². The second-order valence-corrected chi connectivity index (χ2v) is 10.4. The predicted octanol–water partition coefficient (Wildman–Crippen LogP) is 3.77. The molecule has 0 saturated carbocycles. The highest BCUT2D eigenvalue weighted by atomic mass is 32.2. The van der Waals surface area contributed by atoms with Crippen LogP contribution in [0.5, 0.6) is 0 Å². The number of fused-ring (bicyclic) bond motifs is 1. The van der Waals surface area contributed by atoms with Crippen LogP contribution in [0.3, 0.4) is 0 Å². The van der Waals surface area contributed by atoms with Crippen molar-refractivity contribution in [2.24, 2.45) is 0 Å². The number of imidazole rings is 1. The Morgan fingerprint density at radius 2 is 2.06 bits per heavy atom. The lowest BCUT2D eigenvalue weighted by molar-refractivity contribution is 0.102. The summed E-state index contributed by atoms with van der Waals surface area (Å²) in [7, 11) is -3.74. The van der Waals surface area contributed by atoms with Crippen LogP contribution in [0.15, 0.2) is 71.2 Å². The third kappa shape index (κ3) is 4.83. The van der Waals surface area contributed by atoms with Crippen LogP contribution in [0.1, 0.15) is 23.2 Å². The lowest BCUT2D eigenvalue weighted by atomic mass is 10.1. The largest absolute Gasteiger partial charge is 0.377 e. The van der Waals surface area contributed by atoms with Gasteiger partial charge in [0.05, 0.1) is 16.7 Å². The van der Waals surface area contributed by atoms with Gasteiger partial charge in [0, 0.05) is 47.7 Å². The van der Waals surface area contributed by atoms with Crippen molar-refractivity contribution in [1.29, 1.82) is 0 Å². The molecule has 1 fully saturated rings. The number of carbonyl (C=O) groups is 1. The Balaban J connectivity index is 1.26. The molecule has 170 valence electrons. The number of benzene rings is 2. The number of hydrogen-bond donors (Lipinski definition) is 2. The van der Waals surface area contributed by atoms with Gasteiger partial charge in [-0.05, 0) is 43.2 Å². The second kappa shape index (κ2) is 9.06. The van der Waals surface area contributed by atoms with Gasteiger partial charge >= 0.3 is 0 Å². The number of carbonyl (C=O) groups excluding carboxylic acids is 1. The van der Waals surface area contributed by atoms with E-state index in [-0.39, 0.29) is 29.0 Å². The van der Waals surface area contributed by atoms with Gasteiger partial charge in [-0.15, -0.1) is 11.3 Å². The predicted molar refractivity (Wildman–Crippen MR) is 127 cm³/mol. The average molecular weight is 483 g/mol. The summed E-state index contributed by atoms with van der Waals surface area (Å²) in [6, 6.07) is 13.4. The van der Waals surface area contributed by atoms with Crippen molar-refractivity contribution < 1.29 is 17.9 Å². The molecule has 8 nitrogen and oxygen atoms in total. The van der Waals surface area contributed by atoms with Gasteiger partial charge in [0.15, 0.2) is 4.96 Å². The molecule has 1 unspecified atom stereocenters. The normalized spacial score (nSPS) is 16.3. The Morgan fingerprint density at radius 1 is 1.21 bits per heavy atom. The maximum absolute atomic E-state index is 12.7. The van der Waals surface area contributed by atoms with Crippen molar-refractivity contribution >= 4 is 37.9 Å². The summed E-state index contributed by atoms with van der Waals surface area (Å²) < 4.78 is 35.3. The summed E-state index contributed by atoms with van der Waals surface area (Å²) in [4.78, 5) is 18.3. The number of rotatable bonds is 7. The Labute approximate surface area is 195 Å². The number of amides is 1. The number of nitrogens with one attached hydrogen (secondary N) is 2. The number of anilines is 1. The molecule has 0 spiro atoms. The fourth-order valence-electron chi connectivity index (χ4n) is 3.69. The Bertz CT molecular complexity index is 1360. The molecule has 0 aliphatic carbocycles. The van der Waals surface area contributed by atoms with E-state index in [1.54, 1.807) is 35.6 Å². The first-order valence-electron chi connectivity index (χ1n) is 10.5. The van der Waals surface area contributed by atoms with Crippen LogP contribution < -0.4 is 10.0 Å². The zero-order valence-electron chi connectivity index (χ0n) is 17.6. The SMILES string of the molecule is O=C(Nc1ccc(-c2cn3ccsc3n2)cc1)c1cccc(S(=O)(=O)NCC2CCCO2)c1. The summed E-state index contributed by atoms with van der Waals surface area (Å²) in [5.41, 5.74) is 2.66. The standard InChI is InChI=1S/C23H22N4O4S2/c28-22(17-3-1-5-20(13-17)33(29,30)24-14-19-4-2-11-31-19)25-18-8-6-16(7-9-18)21-15-27-10-12-32-23(27)26-21/h1,3,5-10,12-13,15,19,24H,2,4,11,14H2,(H,25,28). The maximum atomic E-state index is 12.7. The van der Waals surface area contributed by atoms with E-state index in [0.717, 1.165) is 29.1 Å². The highest BCUT2D eigenvalue weighted by Gasteiger charge is 2.21. The summed E-state index contributed by atoms with van der Waals surface area (Å²) in [6.45, 7) is 0.879. The van der Waals surface area contributed by atoms with Crippen molar-refractivity contribution in [3.05, 3.63) is 71.9 Å². The van der Waals surface area contributed by atoms with Gasteiger partial charge in [-0.1, -0.05) is 18.2 Å². The van der Waals surface area contributed by atoms with Crippen LogP contribution in [-0.2, 0) is 14.8 Å². The van der Waals surface area contributed by atoms with E-state index >= 15 is 0 Å². The van der Waals surface area contributed by atoms with Crippen LogP contribution in [-0.4, -0.2) is 43.0 Å². The molecule has 5 rings (SSSR count). The van der Waals surface area contributed by atoms with E-state index in [0.29, 0.717) is 12.3 Å². The molecule has 1 aliphatic heterocycles. The molecular formula is C23H22N4O4S2. The first kappa shape index (κ1) is 21.8. The van der Waals surface area contributed by atoms with Gasteiger partial charge in [0.2, 0.25) is 10.0 Å². The summed E-state index contributed by atoms with van der Waals surface area (Å²) >= 11 is 1.57. The number of sulfonamides is 1. The molecule has 0 bridgehead atoms. The third-order valence-corrected chi connectivity index (χ3v) is 7.66. The third-order valence-electron chi connectivity index (χ3n) is 5.46. The second-order valence-electron chi connectivity index (χ2n) is 7.77. The number of nitrogens with zero attached hydrogens (tertiary/aromatic N) is 2. The van der Waals surface area contributed by atoms with Gasteiger partial charge in [-0.2, -0.15) is 0 Å². The summed E-state index contributed by atoms with van der Waals surface area (Å²) in [6.07, 6.45) is 5.58. The zero-order chi connectivity index (χ0) is 22.8. The molecular weight excluding hydrogens is 460 g/mol. The van der Waals surface area contributed by atoms with Crippen molar-refractivity contribution in [2.45, 2.75) is 23.8 Å². The van der Waals surface area contributed by atoms with Crippen LogP contribution in [0, 0.1) is 0 Å². The summed E-state index contributed by atoms with van der Waals surface area (Å²) in [5.74, 6) is -0.388. The number of hydrogen-bond acceptors (Lipinski definition) is 6.